The maximum Gasteiger partial charge on any atom is 0.134 e. The number of carbonyl (C=O) groups is 1. The molecule has 1 unspecified atom stereocenters. The van der Waals surface area contributed by atoms with Crippen molar-refractivity contribution in [1.29, 1.82) is 0 Å². The van der Waals surface area contributed by atoms with Crippen molar-refractivity contribution in [1.82, 2.24) is 0 Å². The Labute approximate surface area is 105 Å². The molecule has 3 nitrogen and oxygen atoms in total. The zero-order valence-corrected chi connectivity index (χ0v) is 10.0. The van der Waals surface area contributed by atoms with Crippen LogP contribution in [0, 0.1) is 0 Å². The number of allylic oxidation sites excluding steroid dienone is 1. The van der Waals surface area contributed by atoms with Crippen LogP contribution in [0.4, 0.5) is 0 Å². The molecule has 1 aliphatic heterocycles. The summed E-state index contributed by atoms with van der Waals surface area (Å²) < 4.78 is 10.9. The highest BCUT2D eigenvalue weighted by molar-refractivity contribution is 6.17. The van der Waals surface area contributed by atoms with Gasteiger partial charge in [0.1, 0.15) is 17.8 Å². The van der Waals surface area contributed by atoms with E-state index < -0.39 is 0 Å². The number of fused-ring (bicyclic) bond motifs is 1. The number of aldehydes is 1. The highest BCUT2D eigenvalue weighted by Crippen LogP contribution is 2.33. The van der Waals surface area contributed by atoms with Crippen molar-refractivity contribution < 1.29 is 14.3 Å². The van der Waals surface area contributed by atoms with E-state index in [0.29, 0.717) is 18.2 Å². The van der Waals surface area contributed by atoms with Crippen molar-refractivity contribution in [2.45, 2.75) is 12.3 Å². The van der Waals surface area contributed by atoms with E-state index in [1.807, 2.05) is 12.1 Å². The van der Waals surface area contributed by atoms with Crippen molar-refractivity contribution in [3.8, 4) is 11.5 Å². The summed E-state index contributed by atoms with van der Waals surface area (Å²) in [5, 5.41) is 0. The summed E-state index contributed by atoms with van der Waals surface area (Å²) in [4.78, 5) is 10.9. The fourth-order valence-electron chi connectivity index (χ4n) is 1.65. The van der Waals surface area contributed by atoms with Crippen LogP contribution in [0.2, 0.25) is 0 Å². The maximum absolute atomic E-state index is 10.9. The molecule has 1 aromatic rings. The van der Waals surface area contributed by atoms with Crippen molar-refractivity contribution in [2.24, 2.45) is 0 Å². The molecule has 1 aromatic carbocycles. The summed E-state index contributed by atoms with van der Waals surface area (Å²) in [6.45, 7) is 0.579. The minimum Gasteiger partial charge on any atom is -0.493 e. The van der Waals surface area contributed by atoms with E-state index in [-0.39, 0.29) is 5.92 Å². The lowest BCUT2D eigenvalue weighted by Crippen LogP contribution is -2.06. The molecule has 0 saturated carbocycles. The van der Waals surface area contributed by atoms with E-state index >= 15 is 0 Å². The Balaban J connectivity index is 2.12. The summed E-state index contributed by atoms with van der Waals surface area (Å²) in [5.74, 6) is 1.76. The third-order valence-electron chi connectivity index (χ3n) is 2.52. The maximum atomic E-state index is 10.9. The third-order valence-corrected chi connectivity index (χ3v) is 2.79. The molecule has 0 fully saturated rings. The van der Waals surface area contributed by atoms with Crippen molar-refractivity contribution in [2.75, 3.05) is 12.5 Å². The van der Waals surface area contributed by atoms with E-state index in [1.54, 1.807) is 12.1 Å². The van der Waals surface area contributed by atoms with Gasteiger partial charge in [-0.1, -0.05) is 6.07 Å². The predicted molar refractivity (Wildman–Crippen MR) is 65.8 cm³/mol. The third kappa shape index (κ3) is 2.80. The van der Waals surface area contributed by atoms with Gasteiger partial charge in [-0.3, -0.25) is 0 Å². The minimum atomic E-state index is -0.226. The van der Waals surface area contributed by atoms with Crippen LogP contribution < -0.4 is 9.47 Å². The molecular weight excluding hydrogens is 240 g/mol. The Kier molecular flexibility index (Phi) is 4.04. The molecule has 4 heteroatoms. The van der Waals surface area contributed by atoms with Gasteiger partial charge in [0.2, 0.25) is 0 Å². The highest BCUT2D eigenvalue weighted by Gasteiger charge is 2.17. The quantitative estimate of drug-likeness (QED) is 0.459. The lowest BCUT2D eigenvalue weighted by Gasteiger charge is -2.17. The highest BCUT2D eigenvalue weighted by atomic mass is 35.5. The van der Waals surface area contributed by atoms with Gasteiger partial charge < -0.3 is 14.3 Å². The average molecular weight is 253 g/mol. The second kappa shape index (κ2) is 5.73. The largest absolute Gasteiger partial charge is 0.493 e. The van der Waals surface area contributed by atoms with Gasteiger partial charge in [0.05, 0.1) is 18.8 Å². The lowest BCUT2D eigenvalue weighted by atomic mass is 9.98. The van der Waals surface area contributed by atoms with Gasteiger partial charge in [-0.05, 0) is 18.6 Å². The first-order chi connectivity index (χ1) is 8.35. The Hall–Kier alpha value is -1.48. The van der Waals surface area contributed by atoms with Crippen LogP contribution in [0.3, 0.4) is 0 Å². The van der Waals surface area contributed by atoms with E-state index in [4.69, 9.17) is 21.1 Å². The Morgan fingerprint density at radius 1 is 1.47 bits per heavy atom. The normalized spacial score (nSPS) is 17.1. The van der Waals surface area contributed by atoms with Gasteiger partial charge in [0.25, 0.3) is 0 Å². The summed E-state index contributed by atoms with van der Waals surface area (Å²) in [7, 11) is 0. The molecule has 0 saturated heterocycles. The Morgan fingerprint density at radius 3 is 3.12 bits per heavy atom. The van der Waals surface area contributed by atoms with Gasteiger partial charge in [-0.25, -0.2) is 0 Å². The van der Waals surface area contributed by atoms with Crippen molar-refractivity contribution >= 4 is 17.9 Å². The number of hydrogen-bond donors (Lipinski definition) is 0. The zero-order chi connectivity index (χ0) is 12.1. The molecule has 17 heavy (non-hydrogen) atoms. The van der Waals surface area contributed by atoms with E-state index in [2.05, 4.69) is 0 Å². The van der Waals surface area contributed by atoms with Crippen LogP contribution >= 0.6 is 11.6 Å². The molecule has 1 aliphatic rings. The second-order valence-electron chi connectivity index (χ2n) is 3.70. The summed E-state index contributed by atoms with van der Waals surface area (Å²) in [6.07, 6.45) is 4.95. The zero-order valence-electron chi connectivity index (χ0n) is 9.27. The van der Waals surface area contributed by atoms with Gasteiger partial charge in [0, 0.05) is 17.5 Å². The molecule has 0 radical (unpaired) electrons. The second-order valence-corrected chi connectivity index (χ2v) is 4.08. The van der Waals surface area contributed by atoms with Crippen molar-refractivity contribution in [3.63, 3.8) is 0 Å². The first-order valence-corrected chi connectivity index (χ1v) is 6.00. The molecule has 0 spiro atoms. The number of alkyl halides is 1. The minimum absolute atomic E-state index is 0.226. The van der Waals surface area contributed by atoms with Gasteiger partial charge in [0.15, 0.2) is 0 Å². The number of benzene rings is 1. The SMILES string of the molecule is O=CC1C=COc2cc(OCCCCl)ccc21. The summed E-state index contributed by atoms with van der Waals surface area (Å²) in [6, 6.07) is 5.49. The van der Waals surface area contributed by atoms with Crippen LogP contribution in [-0.4, -0.2) is 18.8 Å². The van der Waals surface area contributed by atoms with Crippen LogP contribution in [0.15, 0.2) is 30.5 Å². The monoisotopic (exact) mass is 252 g/mol. The number of halogens is 1. The van der Waals surface area contributed by atoms with Gasteiger partial charge in [-0.15, -0.1) is 11.6 Å². The molecule has 0 amide bonds. The number of ether oxygens (including phenoxy) is 2. The van der Waals surface area contributed by atoms with Crippen molar-refractivity contribution in [3.05, 3.63) is 36.1 Å². The molecule has 0 bridgehead atoms. The average Bonchev–Trinajstić information content (AvgIpc) is 2.38. The van der Waals surface area contributed by atoms with Crippen LogP contribution in [-0.2, 0) is 4.79 Å². The molecule has 1 heterocycles. The molecular formula is C13H13ClO3. The summed E-state index contributed by atoms with van der Waals surface area (Å²) in [5.41, 5.74) is 0.868. The van der Waals surface area contributed by atoms with Gasteiger partial charge >= 0.3 is 0 Å². The first-order valence-electron chi connectivity index (χ1n) is 5.46. The standard InChI is InChI=1S/C13H13ClO3/c14-5-1-6-16-11-2-3-12-10(9-15)4-7-17-13(12)8-11/h2-4,7-10H,1,5-6H2. The fourth-order valence-corrected chi connectivity index (χ4v) is 1.76. The summed E-state index contributed by atoms with van der Waals surface area (Å²) >= 11 is 5.57. The first kappa shape index (κ1) is 12.0. The van der Waals surface area contributed by atoms with E-state index in [1.165, 1.54) is 6.26 Å². The fraction of sp³-hybridized carbons (Fsp3) is 0.308. The van der Waals surface area contributed by atoms with Crippen LogP contribution in [0.5, 0.6) is 11.5 Å². The van der Waals surface area contributed by atoms with E-state index in [0.717, 1.165) is 24.0 Å². The lowest BCUT2D eigenvalue weighted by molar-refractivity contribution is -0.108. The molecule has 0 aliphatic carbocycles. The van der Waals surface area contributed by atoms with Gasteiger partial charge in [-0.2, -0.15) is 0 Å². The Morgan fingerprint density at radius 2 is 2.35 bits per heavy atom. The van der Waals surface area contributed by atoms with E-state index in [9.17, 15) is 4.79 Å². The molecule has 90 valence electrons. The number of hydrogen-bond acceptors (Lipinski definition) is 3. The molecule has 0 N–H and O–H groups in total. The smallest absolute Gasteiger partial charge is 0.134 e. The Bertz CT molecular complexity index is 429. The predicted octanol–water partition coefficient (Wildman–Crippen LogP) is 2.88. The topological polar surface area (TPSA) is 35.5 Å². The molecule has 2 rings (SSSR count). The van der Waals surface area contributed by atoms with Crippen LogP contribution in [0.1, 0.15) is 17.9 Å². The molecule has 0 aromatic heterocycles. The molecule has 1 atom stereocenters. The number of carbonyl (C=O) groups excluding carboxylic acids is 1. The number of rotatable bonds is 5. The van der Waals surface area contributed by atoms with Crippen LogP contribution in [0.25, 0.3) is 0 Å².